The highest BCUT2D eigenvalue weighted by Gasteiger charge is 2.43. The van der Waals surface area contributed by atoms with E-state index >= 15 is 0 Å². The lowest BCUT2D eigenvalue weighted by atomic mass is 9.86. The molecule has 1 saturated heterocycles. The molecule has 2 aliphatic rings. The number of aromatic nitrogens is 1. The average molecular weight is 296 g/mol. The molecule has 20 heavy (non-hydrogen) atoms. The van der Waals surface area contributed by atoms with E-state index < -0.39 is 10.0 Å². The van der Waals surface area contributed by atoms with Gasteiger partial charge in [-0.15, -0.1) is 0 Å². The second kappa shape index (κ2) is 5.31. The van der Waals surface area contributed by atoms with Crippen molar-refractivity contribution in [2.24, 2.45) is 11.8 Å². The number of anilines is 1. The number of hydrogen-bond acceptors (Lipinski definition) is 5. The fourth-order valence-electron chi connectivity index (χ4n) is 3.48. The van der Waals surface area contributed by atoms with Crippen molar-refractivity contribution >= 4 is 15.7 Å². The molecular weight excluding hydrogens is 276 g/mol. The molecule has 0 radical (unpaired) electrons. The number of pyridine rings is 1. The van der Waals surface area contributed by atoms with Gasteiger partial charge in [-0.25, -0.2) is 13.4 Å². The Kier molecular flexibility index (Phi) is 3.66. The lowest BCUT2D eigenvalue weighted by Gasteiger charge is -2.31. The maximum atomic E-state index is 12.8. The standard InChI is InChI=1S/C13H20N4O2S/c14-16-11-5-3-8-15-13(11)20(18,19)17-9-7-10-4-1-2-6-12(10)17/h3,5,8,10,12,16H,1-2,4,6-7,9,14H2. The van der Waals surface area contributed by atoms with E-state index in [9.17, 15) is 8.42 Å². The zero-order valence-corrected chi connectivity index (χ0v) is 12.1. The van der Waals surface area contributed by atoms with Crippen LogP contribution in [0.4, 0.5) is 5.69 Å². The van der Waals surface area contributed by atoms with Gasteiger partial charge in [0.1, 0.15) is 0 Å². The fraction of sp³-hybridized carbons (Fsp3) is 0.615. The SMILES string of the molecule is NNc1cccnc1S(=O)(=O)N1CCC2CCCCC21. The van der Waals surface area contributed by atoms with Crippen LogP contribution in [0, 0.1) is 5.92 Å². The lowest BCUT2D eigenvalue weighted by Crippen LogP contribution is -2.39. The van der Waals surface area contributed by atoms with Crippen LogP contribution in [0.1, 0.15) is 32.1 Å². The van der Waals surface area contributed by atoms with Crippen LogP contribution in [0.25, 0.3) is 0 Å². The summed E-state index contributed by atoms with van der Waals surface area (Å²) < 4.78 is 27.3. The van der Waals surface area contributed by atoms with Crippen molar-refractivity contribution in [3.63, 3.8) is 0 Å². The summed E-state index contributed by atoms with van der Waals surface area (Å²) in [6, 6.07) is 3.44. The maximum Gasteiger partial charge on any atom is 0.262 e. The monoisotopic (exact) mass is 296 g/mol. The molecular formula is C13H20N4O2S. The predicted molar refractivity (Wildman–Crippen MR) is 76.3 cm³/mol. The minimum atomic E-state index is -3.57. The van der Waals surface area contributed by atoms with Gasteiger partial charge in [-0.3, -0.25) is 5.84 Å². The Labute approximate surface area is 119 Å². The largest absolute Gasteiger partial charge is 0.321 e. The van der Waals surface area contributed by atoms with Crippen molar-refractivity contribution in [3.8, 4) is 0 Å². The molecule has 7 heteroatoms. The van der Waals surface area contributed by atoms with Gasteiger partial charge in [-0.2, -0.15) is 4.31 Å². The minimum absolute atomic E-state index is 0.0359. The van der Waals surface area contributed by atoms with E-state index in [0.717, 1.165) is 25.7 Å². The highest BCUT2D eigenvalue weighted by molar-refractivity contribution is 7.89. The topological polar surface area (TPSA) is 88.3 Å². The minimum Gasteiger partial charge on any atom is -0.321 e. The van der Waals surface area contributed by atoms with E-state index in [4.69, 9.17) is 5.84 Å². The molecule has 1 aliphatic carbocycles. The molecule has 0 spiro atoms. The summed E-state index contributed by atoms with van der Waals surface area (Å²) >= 11 is 0. The van der Waals surface area contributed by atoms with Crippen LogP contribution in [0.15, 0.2) is 23.4 Å². The second-order valence-electron chi connectivity index (χ2n) is 5.52. The molecule has 0 bridgehead atoms. The number of nitrogen functional groups attached to an aromatic ring is 1. The van der Waals surface area contributed by atoms with E-state index in [-0.39, 0.29) is 11.1 Å². The summed E-state index contributed by atoms with van der Waals surface area (Å²) in [5.41, 5.74) is 2.78. The molecule has 3 N–H and O–H groups in total. The lowest BCUT2D eigenvalue weighted by molar-refractivity contribution is 0.260. The number of rotatable bonds is 3. The van der Waals surface area contributed by atoms with Crippen LogP contribution in [0.3, 0.4) is 0 Å². The van der Waals surface area contributed by atoms with Crippen molar-refractivity contribution in [2.75, 3.05) is 12.0 Å². The number of nitrogens with zero attached hydrogens (tertiary/aromatic N) is 2. The third-order valence-electron chi connectivity index (χ3n) is 4.44. The van der Waals surface area contributed by atoms with Crippen LogP contribution >= 0.6 is 0 Å². The normalized spacial score (nSPS) is 27.2. The molecule has 2 atom stereocenters. The van der Waals surface area contributed by atoms with Crippen molar-refractivity contribution in [1.82, 2.24) is 9.29 Å². The van der Waals surface area contributed by atoms with E-state index in [2.05, 4.69) is 10.4 Å². The first-order valence-electron chi connectivity index (χ1n) is 7.08. The molecule has 110 valence electrons. The molecule has 6 nitrogen and oxygen atoms in total. The summed E-state index contributed by atoms with van der Waals surface area (Å²) in [6.45, 7) is 0.595. The highest BCUT2D eigenvalue weighted by atomic mass is 32.2. The summed E-state index contributed by atoms with van der Waals surface area (Å²) in [5, 5.41) is 0.0359. The first-order chi connectivity index (χ1) is 9.64. The van der Waals surface area contributed by atoms with E-state index in [1.165, 1.54) is 12.6 Å². The summed E-state index contributed by atoms with van der Waals surface area (Å²) in [4.78, 5) is 4.03. The van der Waals surface area contributed by atoms with Gasteiger partial charge in [-0.05, 0) is 37.3 Å². The van der Waals surface area contributed by atoms with Gasteiger partial charge >= 0.3 is 0 Å². The summed E-state index contributed by atoms with van der Waals surface area (Å²) in [6.07, 6.45) is 6.87. The second-order valence-corrected chi connectivity index (χ2v) is 7.32. The van der Waals surface area contributed by atoms with Crippen LogP contribution in [0.5, 0.6) is 0 Å². The number of hydrazine groups is 1. The van der Waals surface area contributed by atoms with Crippen molar-refractivity contribution in [1.29, 1.82) is 0 Å². The Morgan fingerprint density at radius 3 is 2.90 bits per heavy atom. The van der Waals surface area contributed by atoms with Crippen LogP contribution in [-0.2, 0) is 10.0 Å². The quantitative estimate of drug-likeness (QED) is 0.649. The summed E-state index contributed by atoms with van der Waals surface area (Å²) in [7, 11) is -3.57. The molecule has 3 rings (SSSR count). The molecule has 1 saturated carbocycles. The number of nitrogens with two attached hydrogens (primary N) is 1. The van der Waals surface area contributed by atoms with E-state index in [0.29, 0.717) is 18.2 Å². The zero-order chi connectivity index (χ0) is 14.2. The number of sulfonamides is 1. The average Bonchev–Trinajstić information content (AvgIpc) is 2.92. The summed E-state index contributed by atoms with van der Waals surface area (Å²) in [5.74, 6) is 5.92. The predicted octanol–water partition coefficient (Wildman–Crippen LogP) is 1.32. The number of nitrogens with one attached hydrogen (secondary N) is 1. The Hall–Kier alpha value is -1.18. The van der Waals surface area contributed by atoms with Crippen LogP contribution in [-0.4, -0.2) is 30.3 Å². The van der Waals surface area contributed by atoms with Gasteiger partial charge in [0.2, 0.25) is 0 Å². The van der Waals surface area contributed by atoms with Gasteiger partial charge < -0.3 is 5.43 Å². The van der Waals surface area contributed by atoms with Gasteiger partial charge in [0.25, 0.3) is 10.0 Å². The van der Waals surface area contributed by atoms with Crippen LogP contribution in [0.2, 0.25) is 0 Å². The van der Waals surface area contributed by atoms with E-state index in [1.807, 2.05) is 0 Å². The van der Waals surface area contributed by atoms with Gasteiger partial charge in [-0.1, -0.05) is 12.8 Å². The Balaban J connectivity index is 1.96. The Morgan fingerprint density at radius 1 is 1.30 bits per heavy atom. The zero-order valence-electron chi connectivity index (χ0n) is 11.3. The van der Waals surface area contributed by atoms with Crippen molar-refractivity contribution < 1.29 is 8.42 Å². The first-order valence-corrected chi connectivity index (χ1v) is 8.52. The van der Waals surface area contributed by atoms with Crippen molar-refractivity contribution in [3.05, 3.63) is 18.3 Å². The number of hydrogen-bond donors (Lipinski definition) is 2. The molecule has 2 fully saturated rings. The molecule has 1 aliphatic heterocycles. The molecule has 1 aromatic rings. The smallest absolute Gasteiger partial charge is 0.262 e. The van der Waals surface area contributed by atoms with Gasteiger partial charge in [0, 0.05) is 18.8 Å². The molecule has 2 unspecified atom stereocenters. The third-order valence-corrected chi connectivity index (χ3v) is 6.32. The first kappa shape index (κ1) is 13.8. The third kappa shape index (κ3) is 2.19. The molecule has 2 heterocycles. The Morgan fingerprint density at radius 2 is 2.10 bits per heavy atom. The van der Waals surface area contributed by atoms with Crippen LogP contribution < -0.4 is 11.3 Å². The maximum absolute atomic E-state index is 12.8. The highest BCUT2D eigenvalue weighted by Crippen LogP contribution is 2.39. The van der Waals surface area contributed by atoms with E-state index in [1.54, 1.807) is 16.4 Å². The number of fused-ring (bicyclic) bond motifs is 1. The molecule has 0 aromatic carbocycles. The van der Waals surface area contributed by atoms with Gasteiger partial charge in [0.15, 0.2) is 5.03 Å². The fourth-order valence-corrected chi connectivity index (χ4v) is 5.28. The molecule has 1 aromatic heterocycles. The van der Waals surface area contributed by atoms with Gasteiger partial charge in [0.05, 0.1) is 5.69 Å². The molecule has 0 amide bonds. The van der Waals surface area contributed by atoms with Crippen molar-refractivity contribution in [2.45, 2.75) is 43.2 Å². The Bertz CT molecular complexity index is 590.